The third-order valence-electron chi connectivity index (χ3n) is 3.78. The molecule has 3 rings (SSSR count). The van der Waals surface area contributed by atoms with Crippen molar-refractivity contribution >= 4 is 50.9 Å². The highest BCUT2D eigenvalue weighted by molar-refractivity contribution is 9.10. The monoisotopic (exact) mass is 485 g/mol. The molecule has 0 fully saturated rings. The smallest absolute Gasteiger partial charge is 0.325 e. The number of rotatable bonds is 5. The van der Waals surface area contributed by atoms with Gasteiger partial charge in [-0.3, -0.25) is 4.79 Å². The van der Waals surface area contributed by atoms with Crippen LogP contribution in [0.15, 0.2) is 76.1 Å². The molecule has 1 N–H and O–H groups in total. The summed E-state index contributed by atoms with van der Waals surface area (Å²) in [6.07, 6.45) is -4.54. The molecule has 0 aliphatic rings. The fourth-order valence-corrected chi connectivity index (χ4v) is 3.74. The van der Waals surface area contributed by atoms with Gasteiger partial charge in [-0.2, -0.15) is 13.2 Å². The summed E-state index contributed by atoms with van der Waals surface area (Å²) in [6.45, 7) is 0. The molecule has 2 nitrogen and oxygen atoms in total. The molecule has 0 saturated carbocycles. The summed E-state index contributed by atoms with van der Waals surface area (Å²) < 4.78 is 42.8. The maximum Gasteiger partial charge on any atom is 0.417 e. The van der Waals surface area contributed by atoms with E-state index in [0.717, 1.165) is 22.5 Å². The van der Waals surface area contributed by atoms with Gasteiger partial charge in [0.25, 0.3) is 0 Å². The van der Waals surface area contributed by atoms with Crippen molar-refractivity contribution in [2.24, 2.45) is 0 Å². The number of ketones is 1. The molecule has 0 heterocycles. The molecule has 0 unspecified atom stereocenters. The van der Waals surface area contributed by atoms with E-state index in [1.54, 1.807) is 42.5 Å². The van der Waals surface area contributed by atoms with Crippen molar-refractivity contribution < 1.29 is 18.0 Å². The van der Waals surface area contributed by atoms with Gasteiger partial charge in [0, 0.05) is 20.5 Å². The zero-order valence-corrected chi connectivity index (χ0v) is 17.2. The van der Waals surface area contributed by atoms with Gasteiger partial charge in [-0.15, -0.1) is 0 Å². The Bertz CT molecular complexity index is 1010. The Hall–Kier alpha value is -1.96. The van der Waals surface area contributed by atoms with Gasteiger partial charge in [-0.1, -0.05) is 57.9 Å². The number of anilines is 1. The Morgan fingerprint density at radius 3 is 2.39 bits per heavy atom. The van der Waals surface area contributed by atoms with Crippen molar-refractivity contribution in [2.45, 2.75) is 11.1 Å². The molecule has 0 atom stereocenters. The van der Waals surface area contributed by atoms with E-state index in [9.17, 15) is 18.0 Å². The second-order valence-electron chi connectivity index (χ2n) is 5.73. The SMILES string of the molecule is O=C(c1ccccc1)c1ccc(Br)cc1NSc1ccc(Cl)c(C(F)(F)F)c1. The van der Waals surface area contributed by atoms with E-state index < -0.39 is 11.7 Å². The first-order valence-electron chi connectivity index (χ1n) is 7.94. The molecule has 8 heteroatoms. The normalized spacial score (nSPS) is 11.3. The molecule has 0 aromatic heterocycles. The van der Waals surface area contributed by atoms with Crippen LogP contribution in [0.2, 0.25) is 5.02 Å². The molecule has 0 bridgehead atoms. The predicted octanol–water partition coefficient (Wildman–Crippen LogP) is 7.47. The lowest BCUT2D eigenvalue weighted by Gasteiger charge is -2.13. The topological polar surface area (TPSA) is 29.1 Å². The second-order valence-corrected chi connectivity index (χ2v) is 7.93. The molecule has 3 aromatic rings. The van der Waals surface area contributed by atoms with Gasteiger partial charge in [0.2, 0.25) is 0 Å². The van der Waals surface area contributed by atoms with E-state index in [2.05, 4.69) is 20.7 Å². The van der Waals surface area contributed by atoms with Crippen molar-refractivity contribution in [1.29, 1.82) is 0 Å². The van der Waals surface area contributed by atoms with E-state index >= 15 is 0 Å². The summed E-state index contributed by atoms with van der Waals surface area (Å²) in [5, 5.41) is -0.362. The molecule has 28 heavy (non-hydrogen) atoms. The van der Waals surface area contributed by atoms with Crippen LogP contribution in [0, 0.1) is 0 Å². The van der Waals surface area contributed by atoms with Crippen LogP contribution in [0.3, 0.4) is 0 Å². The molecule has 0 radical (unpaired) electrons. The lowest BCUT2D eigenvalue weighted by Crippen LogP contribution is -2.06. The Balaban J connectivity index is 1.87. The van der Waals surface area contributed by atoms with Crippen molar-refractivity contribution in [3.63, 3.8) is 0 Å². The molecule has 0 amide bonds. The standard InChI is InChI=1S/C20H12BrClF3NOS/c21-13-6-8-15(19(27)12-4-2-1-3-5-12)18(10-13)26-28-14-7-9-17(22)16(11-14)20(23,24)25/h1-11,26H. The van der Waals surface area contributed by atoms with Gasteiger partial charge >= 0.3 is 6.18 Å². The average Bonchev–Trinajstić information content (AvgIpc) is 2.66. The third kappa shape index (κ3) is 4.90. The number of alkyl halides is 3. The largest absolute Gasteiger partial charge is 0.417 e. The highest BCUT2D eigenvalue weighted by atomic mass is 79.9. The zero-order valence-electron chi connectivity index (χ0n) is 14.1. The van der Waals surface area contributed by atoms with E-state index in [4.69, 9.17) is 11.6 Å². The Kier molecular flexibility index (Phi) is 6.37. The van der Waals surface area contributed by atoms with Gasteiger partial charge in [0.1, 0.15) is 0 Å². The van der Waals surface area contributed by atoms with Crippen LogP contribution >= 0.6 is 39.5 Å². The maximum atomic E-state index is 13.0. The van der Waals surface area contributed by atoms with Crippen molar-refractivity contribution in [3.05, 3.63) is 92.9 Å². The molecular formula is C20H12BrClF3NOS. The molecule has 3 aromatic carbocycles. The number of hydrogen-bond acceptors (Lipinski definition) is 3. The van der Waals surface area contributed by atoms with Crippen LogP contribution in [0.4, 0.5) is 18.9 Å². The molecule has 0 aliphatic heterocycles. The summed E-state index contributed by atoms with van der Waals surface area (Å²) in [5.74, 6) is -0.191. The Morgan fingerprint density at radius 1 is 1.00 bits per heavy atom. The quantitative estimate of drug-likeness (QED) is 0.299. The van der Waals surface area contributed by atoms with E-state index in [1.807, 2.05) is 6.07 Å². The Labute approximate surface area is 177 Å². The first-order chi connectivity index (χ1) is 13.3. The van der Waals surface area contributed by atoms with Gasteiger partial charge in [0.05, 0.1) is 16.3 Å². The average molecular weight is 487 g/mol. The Morgan fingerprint density at radius 2 is 1.71 bits per heavy atom. The van der Waals surface area contributed by atoms with Crippen LogP contribution in [0.1, 0.15) is 21.5 Å². The van der Waals surface area contributed by atoms with Crippen LogP contribution in [0.25, 0.3) is 0 Å². The summed E-state index contributed by atoms with van der Waals surface area (Å²) in [7, 11) is 0. The molecular weight excluding hydrogens is 475 g/mol. The van der Waals surface area contributed by atoms with Crippen molar-refractivity contribution in [1.82, 2.24) is 0 Å². The van der Waals surface area contributed by atoms with Gasteiger partial charge in [-0.05, 0) is 48.3 Å². The molecule has 144 valence electrons. The van der Waals surface area contributed by atoms with Crippen molar-refractivity contribution in [2.75, 3.05) is 4.72 Å². The highest BCUT2D eigenvalue weighted by Gasteiger charge is 2.33. The lowest BCUT2D eigenvalue weighted by atomic mass is 10.0. The van der Waals surface area contributed by atoms with Crippen LogP contribution in [-0.4, -0.2) is 5.78 Å². The second kappa shape index (κ2) is 8.59. The summed E-state index contributed by atoms with van der Waals surface area (Å²) in [6, 6.07) is 17.5. The number of nitrogens with one attached hydrogen (secondary N) is 1. The number of benzene rings is 3. The molecule has 0 aliphatic carbocycles. The first kappa shape index (κ1) is 20.8. The molecule has 0 saturated heterocycles. The van der Waals surface area contributed by atoms with E-state index in [-0.39, 0.29) is 10.8 Å². The van der Waals surface area contributed by atoms with Gasteiger partial charge in [0.15, 0.2) is 5.78 Å². The van der Waals surface area contributed by atoms with E-state index in [0.29, 0.717) is 21.7 Å². The van der Waals surface area contributed by atoms with E-state index in [1.165, 1.54) is 12.1 Å². The fourth-order valence-electron chi connectivity index (χ4n) is 2.44. The number of halogens is 5. The lowest BCUT2D eigenvalue weighted by molar-refractivity contribution is -0.137. The van der Waals surface area contributed by atoms with Crippen LogP contribution < -0.4 is 4.72 Å². The van der Waals surface area contributed by atoms with Crippen LogP contribution in [-0.2, 0) is 6.18 Å². The van der Waals surface area contributed by atoms with Crippen LogP contribution in [0.5, 0.6) is 0 Å². The number of hydrogen-bond donors (Lipinski definition) is 1. The van der Waals surface area contributed by atoms with Gasteiger partial charge < -0.3 is 4.72 Å². The third-order valence-corrected chi connectivity index (χ3v) is 5.42. The molecule has 0 spiro atoms. The first-order valence-corrected chi connectivity index (χ1v) is 9.93. The highest BCUT2D eigenvalue weighted by Crippen LogP contribution is 2.37. The number of carbonyl (C=O) groups excluding carboxylic acids is 1. The van der Waals surface area contributed by atoms with Crippen molar-refractivity contribution in [3.8, 4) is 0 Å². The minimum Gasteiger partial charge on any atom is -0.325 e. The number of carbonyl (C=O) groups is 1. The predicted molar refractivity (Wildman–Crippen MR) is 110 cm³/mol. The maximum absolute atomic E-state index is 13.0. The minimum absolute atomic E-state index is 0.191. The summed E-state index contributed by atoms with van der Waals surface area (Å²) in [4.78, 5) is 13.1. The fraction of sp³-hybridized carbons (Fsp3) is 0.0500. The minimum atomic E-state index is -4.54. The zero-order chi connectivity index (χ0) is 20.3. The summed E-state index contributed by atoms with van der Waals surface area (Å²) in [5.41, 5.74) is 0.503. The summed E-state index contributed by atoms with van der Waals surface area (Å²) >= 11 is 9.97. The van der Waals surface area contributed by atoms with Gasteiger partial charge in [-0.25, -0.2) is 0 Å².